The lowest BCUT2D eigenvalue weighted by atomic mass is 10.1. The summed E-state index contributed by atoms with van der Waals surface area (Å²) in [5.74, 6) is 1.58. The van der Waals surface area contributed by atoms with Gasteiger partial charge >= 0.3 is 0 Å². The third-order valence-corrected chi connectivity index (χ3v) is 3.90. The van der Waals surface area contributed by atoms with Gasteiger partial charge in [0, 0.05) is 5.02 Å². The Balaban J connectivity index is 2.02. The smallest absolute Gasteiger partial charge is 0.161 e. The van der Waals surface area contributed by atoms with Crippen LogP contribution in [0, 0.1) is 0 Å². The van der Waals surface area contributed by atoms with Gasteiger partial charge in [-0.15, -0.1) is 0 Å². The van der Waals surface area contributed by atoms with Crippen molar-refractivity contribution >= 4 is 11.6 Å². The largest absolute Gasteiger partial charge is 0.490 e. The minimum atomic E-state index is 0.473. The maximum atomic E-state index is 6.02. The first kappa shape index (κ1) is 18.6. The van der Waals surface area contributed by atoms with E-state index in [1.54, 1.807) is 0 Å². The lowest BCUT2D eigenvalue weighted by Gasteiger charge is -2.14. The van der Waals surface area contributed by atoms with Gasteiger partial charge in [0.1, 0.15) is 6.61 Å². The van der Waals surface area contributed by atoms with E-state index in [1.165, 1.54) is 5.56 Å². The molecule has 0 amide bonds. The van der Waals surface area contributed by atoms with Crippen molar-refractivity contribution in [3.05, 3.63) is 58.6 Å². The zero-order chi connectivity index (χ0) is 17.4. The van der Waals surface area contributed by atoms with Crippen molar-refractivity contribution < 1.29 is 9.47 Å². The Morgan fingerprint density at radius 2 is 1.79 bits per heavy atom. The molecule has 130 valence electrons. The number of ether oxygens (including phenoxy) is 2. The van der Waals surface area contributed by atoms with Crippen molar-refractivity contribution in [2.75, 3.05) is 27.2 Å². The summed E-state index contributed by atoms with van der Waals surface area (Å²) in [6.07, 6.45) is 2.16. The molecule has 0 aromatic heterocycles. The minimum Gasteiger partial charge on any atom is -0.490 e. The Morgan fingerprint density at radius 3 is 2.50 bits per heavy atom. The van der Waals surface area contributed by atoms with Crippen molar-refractivity contribution in [2.24, 2.45) is 0 Å². The number of nitrogens with zero attached hydrogens (tertiary/aromatic N) is 1. The van der Waals surface area contributed by atoms with Gasteiger partial charge in [-0.2, -0.15) is 0 Å². The van der Waals surface area contributed by atoms with Crippen molar-refractivity contribution in [3.63, 3.8) is 0 Å². The van der Waals surface area contributed by atoms with Crippen LogP contribution in [0.1, 0.15) is 24.5 Å². The van der Waals surface area contributed by atoms with Crippen LogP contribution in [0.3, 0.4) is 0 Å². The monoisotopic (exact) mass is 347 g/mol. The standard InChI is InChI=1S/C20H26ClNO2/c1-4-23-20-14-16(8-6-12-22(2)3)10-11-19(20)24-15-17-7-5-9-18(21)13-17/h5,7,9-11,13-14H,4,6,8,12,15H2,1-3H3. The number of hydrogen-bond donors (Lipinski definition) is 0. The highest BCUT2D eigenvalue weighted by molar-refractivity contribution is 6.30. The maximum Gasteiger partial charge on any atom is 0.161 e. The van der Waals surface area contributed by atoms with Crippen LogP contribution in [0.15, 0.2) is 42.5 Å². The van der Waals surface area contributed by atoms with Gasteiger partial charge in [0.05, 0.1) is 6.61 Å². The van der Waals surface area contributed by atoms with Crippen LogP contribution in [-0.2, 0) is 13.0 Å². The molecule has 0 aliphatic rings. The highest BCUT2D eigenvalue weighted by Gasteiger charge is 2.07. The topological polar surface area (TPSA) is 21.7 Å². The molecule has 0 saturated carbocycles. The number of benzene rings is 2. The molecule has 0 radical (unpaired) electrons. The predicted octanol–water partition coefficient (Wildman–Crippen LogP) is 4.81. The molecule has 0 unspecified atom stereocenters. The first-order valence-corrected chi connectivity index (χ1v) is 8.74. The van der Waals surface area contributed by atoms with Crippen molar-refractivity contribution in [1.29, 1.82) is 0 Å². The van der Waals surface area contributed by atoms with Crippen molar-refractivity contribution in [3.8, 4) is 11.5 Å². The van der Waals surface area contributed by atoms with Gasteiger partial charge in [0.2, 0.25) is 0 Å². The first-order chi connectivity index (χ1) is 11.6. The number of halogens is 1. The minimum absolute atomic E-state index is 0.473. The van der Waals surface area contributed by atoms with Gasteiger partial charge < -0.3 is 14.4 Å². The van der Waals surface area contributed by atoms with Crippen LogP contribution in [0.2, 0.25) is 5.02 Å². The highest BCUT2D eigenvalue weighted by atomic mass is 35.5. The van der Waals surface area contributed by atoms with Gasteiger partial charge in [-0.1, -0.05) is 29.8 Å². The van der Waals surface area contributed by atoms with Crippen LogP contribution < -0.4 is 9.47 Å². The zero-order valence-corrected chi connectivity index (χ0v) is 15.5. The van der Waals surface area contributed by atoms with Crippen molar-refractivity contribution in [2.45, 2.75) is 26.4 Å². The second-order valence-corrected chi connectivity index (χ2v) is 6.48. The number of aryl methyl sites for hydroxylation is 1. The number of hydrogen-bond acceptors (Lipinski definition) is 3. The van der Waals surface area contributed by atoms with Crippen LogP contribution in [-0.4, -0.2) is 32.1 Å². The Kier molecular flexibility index (Phi) is 7.41. The fraction of sp³-hybridized carbons (Fsp3) is 0.400. The van der Waals surface area contributed by atoms with Crippen molar-refractivity contribution in [1.82, 2.24) is 4.90 Å². The molecule has 0 aliphatic heterocycles. The maximum absolute atomic E-state index is 6.02. The Bertz CT molecular complexity index is 643. The molecule has 2 aromatic carbocycles. The van der Waals surface area contributed by atoms with Gasteiger partial charge in [-0.3, -0.25) is 0 Å². The van der Waals surface area contributed by atoms with E-state index in [1.807, 2.05) is 37.3 Å². The SMILES string of the molecule is CCOc1cc(CCCN(C)C)ccc1OCc1cccc(Cl)c1. The molecule has 2 aromatic rings. The summed E-state index contributed by atoms with van der Waals surface area (Å²) in [5, 5.41) is 0.720. The lowest BCUT2D eigenvalue weighted by molar-refractivity contribution is 0.269. The lowest BCUT2D eigenvalue weighted by Crippen LogP contribution is -2.13. The molecule has 0 aliphatic carbocycles. The second-order valence-electron chi connectivity index (χ2n) is 6.04. The molecular weight excluding hydrogens is 322 g/mol. The molecule has 0 spiro atoms. The molecule has 2 rings (SSSR count). The normalized spacial score (nSPS) is 10.9. The summed E-state index contributed by atoms with van der Waals surface area (Å²) in [6, 6.07) is 13.9. The number of rotatable bonds is 9. The molecule has 24 heavy (non-hydrogen) atoms. The van der Waals surface area contributed by atoms with E-state index in [-0.39, 0.29) is 0 Å². The molecule has 0 atom stereocenters. The summed E-state index contributed by atoms with van der Waals surface area (Å²) < 4.78 is 11.7. The molecule has 3 nitrogen and oxygen atoms in total. The molecule has 0 bridgehead atoms. The van der Waals surface area contributed by atoms with E-state index in [0.717, 1.165) is 41.5 Å². The summed E-state index contributed by atoms with van der Waals surface area (Å²) in [7, 11) is 4.19. The molecule has 0 N–H and O–H groups in total. The summed E-state index contributed by atoms with van der Waals surface area (Å²) in [5.41, 5.74) is 2.32. The van der Waals surface area contributed by atoms with E-state index in [0.29, 0.717) is 13.2 Å². The third-order valence-electron chi connectivity index (χ3n) is 3.66. The summed E-state index contributed by atoms with van der Waals surface area (Å²) in [4.78, 5) is 2.20. The molecule has 4 heteroatoms. The first-order valence-electron chi connectivity index (χ1n) is 8.36. The van der Waals surface area contributed by atoms with Gasteiger partial charge in [0.25, 0.3) is 0 Å². The second kappa shape index (κ2) is 9.55. The van der Waals surface area contributed by atoms with Gasteiger partial charge in [-0.05, 0) is 75.8 Å². The Hall–Kier alpha value is -1.71. The van der Waals surface area contributed by atoms with Gasteiger partial charge in [-0.25, -0.2) is 0 Å². The quantitative estimate of drug-likeness (QED) is 0.649. The fourth-order valence-electron chi connectivity index (χ4n) is 2.48. The summed E-state index contributed by atoms with van der Waals surface area (Å²) in [6.45, 7) is 4.16. The fourth-order valence-corrected chi connectivity index (χ4v) is 2.70. The van der Waals surface area contributed by atoms with E-state index in [9.17, 15) is 0 Å². The predicted molar refractivity (Wildman–Crippen MR) is 100 cm³/mol. The average molecular weight is 348 g/mol. The summed E-state index contributed by atoms with van der Waals surface area (Å²) >= 11 is 6.02. The van der Waals surface area contributed by atoms with Crippen LogP contribution in [0.25, 0.3) is 0 Å². The van der Waals surface area contributed by atoms with E-state index in [4.69, 9.17) is 21.1 Å². The third kappa shape index (κ3) is 6.06. The Morgan fingerprint density at radius 1 is 0.958 bits per heavy atom. The van der Waals surface area contributed by atoms with Crippen LogP contribution in [0.5, 0.6) is 11.5 Å². The molecule has 0 saturated heterocycles. The zero-order valence-electron chi connectivity index (χ0n) is 14.7. The van der Waals surface area contributed by atoms with Crippen LogP contribution in [0.4, 0.5) is 0 Å². The molecule has 0 heterocycles. The Labute approximate surface area is 150 Å². The average Bonchev–Trinajstić information content (AvgIpc) is 2.54. The van der Waals surface area contributed by atoms with E-state index in [2.05, 4.69) is 31.1 Å². The van der Waals surface area contributed by atoms with E-state index >= 15 is 0 Å². The van der Waals surface area contributed by atoms with E-state index < -0.39 is 0 Å². The van der Waals surface area contributed by atoms with Crippen LogP contribution >= 0.6 is 11.6 Å². The highest BCUT2D eigenvalue weighted by Crippen LogP contribution is 2.30. The molecule has 0 fully saturated rings. The van der Waals surface area contributed by atoms with Gasteiger partial charge in [0.15, 0.2) is 11.5 Å². The molecular formula is C20H26ClNO2.